The maximum Gasteiger partial charge on any atom is 0.326 e. The number of carbonyl (C=O) groups is 2. The molecule has 0 spiro atoms. The Kier molecular flexibility index (Phi) is 7.15. The number of carboxylic acid groups (broad SMARTS) is 1. The molecule has 5 heteroatoms. The molecule has 1 aromatic carbocycles. The van der Waals surface area contributed by atoms with Gasteiger partial charge < -0.3 is 10.4 Å². The second-order valence-corrected chi connectivity index (χ2v) is 4.78. The van der Waals surface area contributed by atoms with Crippen LogP contribution in [0.1, 0.15) is 31.7 Å². The zero-order valence-corrected chi connectivity index (χ0v) is 12.0. The molecular formula is C16H20FNO3. The second-order valence-electron chi connectivity index (χ2n) is 4.78. The smallest absolute Gasteiger partial charge is 0.326 e. The van der Waals surface area contributed by atoms with Crippen molar-refractivity contribution in [2.75, 3.05) is 0 Å². The van der Waals surface area contributed by atoms with E-state index in [2.05, 4.69) is 5.32 Å². The monoisotopic (exact) mass is 293 g/mol. The van der Waals surface area contributed by atoms with Gasteiger partial charge in [-0.25, -0.2) is 9.18 Å². The summed E-state index contributed by atoms with van der Waals surface area (Å²) in [6.45, 7) is 2.05. The van der Waals surface area contributed by atoms with Crippen molar-refractivity contribution in [3.63, 3.8) is 0 Å². The highest BCUT2D eigenvalue weighted by atomic mass is 19.1. The lowest BCUT2D eigenvalue weighted by Gasteiger charge is -2.13. The van der Waals surface area contributed by atoms with E-state index in [4.69, 9.17) is 5.11 Å². The molecule has 1 rings (SSSR count). The summed E-state index contributed by atoms with van der Waals surface area (Å²) < 4.78 is 13.1. The van der Waals surface area contributed by atoms with Gasteiger partial charge in [-0.3, -0.25) is 4.79 Å². The second kappa shape index (κ2) is 8.89. The molecule has 0 saturated carbocycles. The van der Waals surface area contributed by atoms with Gasteiger partial charge in [0, 0.05) is 6.42 Å². The molecule has 21 heavy (non-hydrogen) atoms. The van der Waals surface area contributed by atoms with Crippen molar-refractivity contribution in [2.24, 2.45) is 0 Å². The zero-order valence-electron chi connectivity index (χ0n) is 12.0. The number of rotatable bonds is 8. The SMILES string of the molecule is CCCCC=CC(=O)NC(Cc1cccc(F)c1)C(=O)O. The lowest BCUT2D eigenvalue weighted by Crippen LogP contribution is -2.41. The molecule has 114 valence electrons. The van der Waals surface area contributed by atoms with Crippen molar-refractivity contribution in [1.82, 2.24) is 5.32 Å². The molecular weight excluding hydrogens is 273 g/mol. The third kappa shape index (κ3) is 6.70. The summed E-state index contributed by atoms with van der Waals surface area (Å²) in [6, 6.07) is 4.61. The van der Waals surface area contributed by atoms with Crippen LogP contribution in [-0.2, 0) is 16.0 Å². The highest BCUT2D eigenvalue weighted by Gasteiger charge is 2.19. The van der Waals surface area contributed by atoms with Crippen LogP contribution in [0.5, 0.6) is 0 Å². The van der Waals surface area contributed by atoms with Crippen LogP contribution in [-0.4, -0.2) is 23.0 Å². The molecule has 0 aliphatic heterocycles. The van der Waals surface area contributed by atoms with Gasteiger partial charge in [-0.05, 0) is 30.2 Å². The van der Waals surface area contributed by atoms with Crippen molar-refractivity contribution >= 4 is 11.9 Å². The number of hydrogen-bond acceptors (Lipinski definition) is 2. The number of aliphatic carboxylic acids is 1. The molecule has 0 aliphatic carbocycles. The largest absolute Gasteiger partial charge is 0.480 e. The third-order valence-electron chi connectivity index (χ3n) is 2.94. The number of hydrogen-bond donors (Lipinski definition) is 2. The Balaban J connectivity index is 2.60. The van der Waals surface area contributed by atoms with Crippen molar-refractivity contribution in [3.05, 3.63) is 47.8 Å². The number of halogens is 1. The summed E-state index contributed by atoms with van der Waals surface area (Å²) in [5.41, 5.74) is 0.526. The molecule has 0 bridgehead atoms. The minimum Gasteiger partial charge on any atom is -0.480 e. The number of carboxylic acids is 1. The number of amides is 1. The van der Waals surface area contributed by atoms with Gasteiger partial charge in [-0.1, -0.05) is 38.0 Å². The molecule has 1 amide bonds. The Morgan fingerprint density at radius 1 is 1.43 bits per heavy atom. The molecule has 0 aromatic heterocycles. The highest BCUT2D eigenvalue weighted by Crippen LogP contribution is 2.07. The Hall–Kier alpha value is -2.17. The number of allylic oxidation sites excluding steroid dienone is 1. The number of benzene rings is 1. The highest BCUT2D eigenvalue weighted by molar-refractivity contribution is 5.91. The van der Waals surface area contributed by atoms with E-state index in [1.165, 1.54) is 24.3 Å². The van der Waals surface area contributed by atoms with Gasteiger partial charge >= 0.3 is 5.97 Å². The van der Waals surface area contributed by atoms with Crippen LogP contribution >= 0.6 is 0 Å². The van der Waals surface area contributed by atoms with Crippen LogP contribution in [0.3, 0.4) is 0 Å². The fourth-order valence-corrected chi connectivity index (χ4v) is 1.83. The van der Waals surface area contributed by atoms with E-state index >= 15 is 0 Å². The molecule has 4 nitrogen and oxygen atoms in total. The summed E-state index contributed by atoms with van der Waals surface area (Å²) in [7, 11) is 0. The van der Waals surface area contributed by atoms with Gasteiger partial charge in [-0.15, -0.1) is 0 Å². The summed E-state index contributed by atoms with van der Waals surface area (Å²) in [5, 5.41) is 11.5. The number of nitrogens with one attached hydrogen (secondary N) is 1. The van der Waals surface area contributed by atoms with Gasteiger partial charge in [0.05, 0.1) is 0 Å². The molecule has 1 unspecified atom stereocenters. The Morgan fingerprint density at radius 2 is 2.19 bits per heavy atom. The van der Waals surface area contributed by atoms with Crippen LogP contribution in [0.4, 0.5) is 4.39 Å². The minimum atomic E-state index is -1.14. The average molecular weight is 293 g/mol. The molecule has 1 aromatic rings. The van der Waals surface area contributed by atoms with E-state index in [1.54, 1.807) is 12.1 Å². The van der Waals surface area contributed by atoms with E-state index in [0.717, 1.165) is 19.3 Å². The van der Waals surface area contributed by atoms with E-state index < -0.39 is 23.7 Å². The van der Waals surface area contributed by atoms with E-state index in [1.807, 2.05) is 6.92 Å². The zero-order chi connectivity index (χ0) is 15.7. The topological polar surface area (TPSA) is 66.4 Å². The lowest BCUT2D eigenvalue weighted by molar-refractivity contribution is -0.141. The molecule has 0 aliphatic rings. The summed E-state index contributed by atoms with van der Waals surface area (Å²) in [5.74, 6) is -2.02. The van der Waals surface area contributed by atoms with Crippen LogP contribution in [0.2, 0.25) is 0 Å². The van der Waals surface area contributed by atoms with E-state index in [0.29, 0.717) is 5.56 Å². The molecule has 2 N–H and O–H groups in total. The first-order valence-electron chi connectivity index (χ1n) is 6.97. The predicted octanol–water partition coefficient (Wildman–Crippen LogP) is 2.68. The lowest BCUT2D eigenvalue weighted by atomic mass is 10.1. The molecule has 0 saturated heterocycles. The van der Waals surface area contributed by atoms with Crippen LogP contribution in [0, 0.1) is 5.82 Å². The number of unbranched alkanes of at least 4 members (excludes halogenated alkanes) is 2. The Labute approximate surface area is 123 Å². The third-order valence-corrected chi connectivity index (χ3v) is 2.94. The van der Waals surface area contributed by atoms with E-state index in [-0.39, 0.29) is 6.42 Å². The predicted molar refractivity (Wildman–Crippen MR) is 78.3 cm³/mol. The molecule has 0 heterocycles. The van der Waals surface area contributed by atoms with Crippen molar-refractivity contribution in [2.45, 2.75) is 38.6 Å². The first-order valence-corrected chi connectivity index (χ1v) is 6.97. The van der Waals surface area contributed by atoms with Gasteiger partial charge in [0.25, 0.3) is 0 Å². The minimum absolute atomic E-state index is 0.0433. The van der Waals surface area contributed by atoms with Crippen molar-refractivity contribution < 1.29 is 19.1 Å². The van der Waals surface area contributed by atoms with Gasteiger partial charge in [0.1, 0.15) is 11.9 Å². The number of carbonyl (C=O) groups excluding carboxylic acids is 1. The van der Waals surface area contributed by atoms with E-state index in [9.17, 15) is 14.0 Å². The fourth-order valence-electron chi connectivity index (χ4n) is 1.83. The Morgan fingerprint density at radius 3 is 2.81 bits per heavy atom. The first kappa shape index (κ1) is 16.9. The molecule has 0 fully saturated rings. The van der Waals surface area contributed by atoms with Crippen LogP contribution in [0.25, 0.3) is 0 Å². The quantitative estimate of drug-likeness (QED) is 0.572. The molecule has 0 radical (unpaired) electrons. The Bertz CT molecular complexity index is 514. The van der Waals surface area contributed by atoms with Gasteiger partial charge in [-0.2, -0.15) is 0 Å². The summed E-state index contributed by atoms with van der Waals surface area (Å²) in [4.78, 5) is 22.8. The van der Waals surface area contributed by atoms with Crippen LogP contribution < -0.4 is 5.32 Å². The van der Waals surface area contributed by atoms with Gasteiger partial charge in [0.15, 0.2) is 0 Å². The van der Waals surface area contributed by atoms with Crippen molar-refractivity contribution in [3.8, 4) is 0 Å². The maximum absolute atomic E-state index is 13.1. The summed E-state index contributed by atoms with van der Waals surface area (Å²) >= 11 is 0. The fraction of sp³-hybridized carbons (Fsp3) is 0.375. The van der Waals surface area contributed by atoms with Crippen LogP contribution in [0.15, 0.2) is 36.4 Å². The van der Waals surface area contributed by atoms with Gasteiger partial charge in [0.2, 0.25) is 5.91 Å². The normalized spacial score (nSPS) is 12.3. The van der Waals surface area contributed by atoms with Crippen molar-refractivity contribution in [1.29, 1.82) is 0 Å². The standard InChI is InChI=1S/C16H20FNO3/c1-2-3-4-5-9-15(19)18-14(16(20)21)11-12-7-6-8-13(17)10-12/h5-10,14H,2-4,11H2,1H3,(H,18,19)(H,20,21). The summed E-state index contributed by atoms with van der Waals surface area (Å²) in [6.07, 6.45) is 5.91. The molecule has 1 atom stereocenters. The first-order chi connectivity index (χ1) is 10.0. The maximum atomic E-state index is 13.1. The average Bonchev–Trinajstić information content (AvgIpc) is 2.43.